The van der Waals surface area contributed by atoms with Crippen LogP contribution in [0, 0.1) is 0 Å². The third-order valence-electron chi connectivity index (χ3n) is 4.89. The zero-order chi connectivity index (χ0) is 18.2. The first kappa shape index (κ1) is 17.9. The highest BCUT2D eigenvalue weighted by atomic mass is 16.6. The third kappa shape index (κ3) is 3.84. The molecule has 25 heavy (non-hydrogen) atoms. The summed E-state index contributed by atoms with van der Waals surface area (Å²) in [5, 5.41) is 0. The van der Waals surface area contributed by atoms with E-state index in [9.17, 15) is 4.79 Å². The summed E-state index contributed by atoms with van der Waals surface area (Å²) in [6, 6.07) is 4.06. The summed E-state index contributed by atoms with van der Waals surface area (Å²) in [6.07, 6.45) is 1.85. The van der Waals surface area contributed by atoms with Crippen LogP contribution in [-0.4, -0.2) is 49.4 Å². The summed E-state index contributed by atoms with van der Waals surface area (Å²) in [5.74, 6) is 0. The molecular weight excluding hydrogens is 318 g/mol. The molecule has 2 aliphatic heterocycles. The minimum absolute atomic E-state index is 0.274. The third-order valence-corrected chi connectivity index (χ3v) is 4.89. The minimum Gasteiger partial charge on any atom is -0.444 e. The number of carbonyl (C=O) groups excluding carboxylic acids is 1. The zero-order valence-corrected chi connectivity index (χ0v) is 15.7. The lowest BCUT2D eigenvalue weighted by molar-refractivity contribution is 0.0224. The number of nitrogen functional groups attached to an aromatic ring is 1. The van der Waals surface area contributed by atoms with Crippen LogP contribution in [0.3, 0.4) is 0 Å². The van der Waals surface area contributed by atoms with E-state index in [0.717, 1.165) is 37.2 Å². The van der Waals surface area contributed by atoms with Crippen molar-refractivity contribution in [1.29, 1.82) is 0 Å². The van der Waals surface area contributed by atoms with E-state index in [2.05, 4.69) is 11.0 Å². The first-order valence-corrected chi connectivity index (χ1v) is 8.94. The number of amides is 1. The number of ether oxygens (including phenoxy) is 2. The van der Waals surface area contributed by atoms with E-state index in [-0.39, 0.29) is 12.2 Å². The first-order chi connectivity index (χ1) is 11.8. The molecule has 2 N–H and O–H groups in total. The monoisotopic (exact) mass is 347 g/mol. The number of anilines is 2. The fraction of sp³-hybridized carbons (Fsp3) is 0.632. The Kier molecular flexibility index (Phi) is 4.82. The van der Waals surface area contributed by atoms with Crippen molar-refractivity contribution in [2.45, 2.75) is 51.9 Å². The van der Waals surface area contributed by atoms with Crippen LogP contribution in [0.1, 0.15) is 38.3 Å². The predicted octanol–water partition coefficient (Wildman–Crippen LogP) is 2.79. The standard InChI is InChI=1S/C19H29N3O3/c1-19(2,3)25-18(23)22-10-8-14-15(12-22)16(20)5-6-17(14)21-9-7-13(11-21)24-4/h5-6,13H,7-12,20H2,1-4H3. The molecule has 0 aromatic heterocycles. The van der Waals surface area contributed by atoms with Crippen LogP contribution < -0.4 is 10.6 Å². The zero-order valence-electron chi connectivity index (χ0n) is 15.7. The van der Waals surface area contributed by atoms with Crippen molar-refractivity contribution in [3.8, 4) is 0 Å². The van der Waals surface area contributed by atoms with Crippen molar-refractivity contribution in [1.82, 2.24) is 4.90 Å². The van der Waals surface area contributed by atoms with E-state index in [1.54, 1.807) is 12.0 Å². The SMILES string of the molecule is COC1CCN(c2ccc(N)c3c2CCN(C(=O)OC(C)(C)C)C3)C1. The molecule has 1 fully saturated rings. The van der Waals surface area contributed by atoms with E-state index in [1.165, 1.54) is 11.3 Å². The highest BCUT2D eigenvalue weighted by molar-refractivity contribution is 5.72. The van der Waals surface area contributed by atoms with Gasteiger partial charge in [0, 0.05) is 38.1 Å². The molecule has 1 atom stereocenters. The van der Waals surface area contributed by atoms with Crippen LogP contribution in [-0.2, 0) is 22.4 Å². The van der Waals surface area contributed by atoms with E-state index < -0.39 is 5.60 Å². The molecule has 0 radical (unpaired) electrons. The van der Waals surface area contributed by atoms with E-state index in [0.29, 0.717) is 13.1 Å². The Hall–Kier alpha value is -1.95. The molecule has 6 heteroatoms. The number of nitrogens with two attached hydrogens (primary N) is 1. The van der Waals surface area contributed by atoms with E-state index >= 15 is 0 Å². The lowest BCUT2D eigenvalue weighted by Gasteiger charge is -2.34. The highest BCUT2D eigenvalue weighted by Crippen LogP contribution is 2.35. The molecule has 1 aromatic rings. The van der Waals surface area contributed by atoms with Gasteiger partial charge in [-0.25, -0.2) is 4.79 Å². The Morgan fingerprint density at radius 3 is 2.64 bits per heavy atom. The Morgan fingerprint density at radius 2 is 2.00 bits per heavy atom. The molecule has 0 saturated carbocycles. The minimum atomic E-state index is -0.491. The Bertz CT molecular complexity index is 654. The first-order valence-electron chi connectivity index (χ1n) is 8.94. The van der Waals surface area contributed by atoms with Crippen LogP contribution in [0.5, 0.6) is 0 Å². The number of benzene rings is 1. The fourth-order valence-electron chi connectivity index (χ4n) is 3.60. The van der Waals surface area contributed by atoms with Crippen LogP contribution in [0.4, 0.5) is 16.2 Å². The largest absolute Gasteiger partial charge is 0.444 e. The van der Waals surface area contributed by atoms with E-state index in [4.69, 9.17) is 15.2 Å². The van der Waals surface area contributed by atoms with Crippen LogP contribution in [0.15, 0.2) is 12.1 Å². The van der Waals surface area contributed by atoms with Crippen molar-refractivity contribution in [2.75, 3.05) is 37.4 Å². The maximum Gasteiger partial charge on any atom is 0.410 e. The average molecular weight is 347 g/mol. The second kappa shape index (κ2) is 6.75. The number of hydrogen-bond donors (Lipinski definition) is 1. The van der Waals surface area contributed by atoms with Crippen molar-refractivity contribution in [3.63, 3.8) is 0 Å². The molecule has 2 aliphatic rings. The number of hydrogen-bond acceptors (Lipinski definition) is 5. The number of nitrogens with zero attached hydrogens (tertiary/aromatic N) is 2. The Balaban J connectivity index is 1.81. The number of carbonyl (C=O) groups is 1. The molecule has 138 valence electrons. The van der Waals surface area contributed by atoms with Crippen molar-refractivity contribution >= 4 is 17.5 Å². The van der Waals surface area contributed by atoms with Gasteiger partial charge in [0.05, 0.1) is 12.6 Å². The quantitative estimate of drug-likeness (QED) is 0.833. The summed E-state index contributed by atoms with van der Waals surface area (Å²) in [5.41, 5.74) is 10.0. The van der Waals surface area contributed by atoms with Gasteiger partial charge in [-0.1, -0.05) is 0 Å². The van der Waals surface area contributed by atoms with Crippen molar-refractivity contribution in [3.05, 3.63) is 23.3 Å². The number of fused-ring (bicyclic) bond motifs is 1. The maximum absolute atomic E-state index is 12.4. The molecule has 3 rings (SSSR count). The van der Waals surface area contributed by atoms with Crippen LogP contribution in [0.2, 0.25) is 0 Å². The molecule has 0 spiro atoms. The number of rotatable bonds is 2. The summed E-state index contributed by atoms with van der Waals surface area (Å²) in [7, 11) is 1.77. The molecular formula is C19H29N3O3. The van der Waals surface area contributed by atoms with Gasteiger partial charge in [0.25, 0.3) is 0 Å². The molecule has 0 bridgehead atoms. The summed E-state index contributed by atoms with van der Waals surface area (Å²) in [4.78, 5) is 16.5. The summed E-state index contributed by atoms with van der Waals surface area (Å²) < 4.78 is 11.0. The normalized spacial score (nSPS) is 20.6. The van der Waals surface area contributed by atoms with Gasteiger partial charge in [0.15, 0.2) is 0 Å². The van der Waals surface area contributed by atoms with Gasteiger partial charge in [-0.2, -0.15) is 0 Å². The fourth-order valence-corrected chi connectivity index (χ4v) is 3.60. The summed E-state index contributed by atoms with van der Waals surface area (Å²) >= 11 is 0. The lowest BCUT2D eigenvalue weighted by Crippen LogP contribution is -2.40. The lowest BCUT2D eigenvalue weighted by atomic mass is 9.95. The molecule has 1 aromatic carbocycles. The Morgan fingerprint density at radius 1 is 1.24 bits per heavy atom. The maximum atomic E-state index is 12.4. The van der Waals surface area contributed by atoms with Gasteiger partial charge in [-0.05, 0) is 56.9 Å². The molecule has 2 heterocycles. The highest BCUT2D eigenvalue weighted by Gasteiger charge is 2.30. The van der Waals surface area contributed by atoms with Crippen LogP contribution >= 0.6 is 0 Å². The van der Waals surface area contributed by atoms with Gasteiger partial charge < -0.3 is 25.0 Å². The van der Waals surface area contributed by atoms with Gasteiger partial charge in [0.1, 0.15) is 5.60 Å². The van der Waals surface area contributed by atoms with Crippen molar-refractivity contribution in [2.24, 2.45) is 0 Å². The predicted molar refractivity (Wildman–Crippen MR) is 98.8 cm³/mol. The smallest absolute Gasteiger partial charge is 0.410 e. The summed E-state index contributed by atoms with van der Waals surface area (Å²) in [6.45, 7) is 8.71. The topological polar surface area (TPSA) is 68.0 Å². The van der Waals surface area contributed by atoms with Crippen molar-refractivity contribution < 1.29 is 14.3 Å². The molecule has 1 unspecified atom stereocenters. The molecule has 6 nitrogen and oxygen atoms in total. The van der Waals surface area contributed by atoms with Crippen LogP contribution in [0.25, 0.3) is 0 Å². The second-order valence-corrected chi connectivity index (χ2v) is 7.88. The molecule has 1 saturated heterocycles. The average Bonchev–Trinajstić information content (AvgIpc) is 3.02. The van der Waals surface area contributed by atoms with Gasteiger partial charge in [0.2, 0.25) is 0 Å². The molecule has 0 aliphatic carbocycles. The van der Waals surface area contributed by atoms with Gasteiger partial charge in [-0.3, -0.25) is 0 Å². The number of methoxy groups -OCH3 is 1. The van der Waals surface area contributed by atoms with Gasteiger partial charge >= 0.3 is 6.09 Å². The Labute approximate surface area is 149 Å². The molecule has 1 amide bonds. The van der Waals surface area contributed by atoms with Gasteiger partial charge in [-0.15, -0.1) is 0 Å². The second-order valence-electron chi connectivity index (χ2n) is 7.88. The van der Waals surface area contributed by atoms with E-state index in [1.807, 2.05) is 26.8 Å².